The molecule has 1 aromatic rings. The van der Waals surface area contributed by atoms with Gasteiger partial charge in [-0.15, -0.1) is 0 Å². The highest BCUT2D eigenvalue weighted by molar-refractivity contribution is 7.89. The van der Waals surface area contributed by atoms with Crippen LogP contribution in [0.15, 0.2) is 24.4 Å². The quantitative estimate of drug-likeness (QED) is 0.779. The maximum Gasteiger partial charge on any atom is 0.215 e. The van der Waals surface area contributed by atoms with Crippen LogP contribution >= 0.6 is 0 Å². The highest BCUT2D eigenvalue weighted by Gasteiger charge is 2.30. The molecule has 0 saturated carbocycles. The Morgan fingerprint density at radius 2 is 2.05 bits per heavy atom. The number of nitrogens with one attached hydrogen (secondary N) is 1. The number of morpholine rings is 1. The van der Waals surface area contributed by atoms with E-state index in [1.54, 1.807) is 6.20 Å². The molecule has 0 aliphatic carbocycles. The smallest absolute Gasteiger partial charge is 0.215 e. The Bertz CT molecular complexity index is 526. The summed E-state index contributed by atoms with van der Waals surface area (Å²) in [6, 6.07) is 5.68. The Labute approximate surface area is 126 Å². The first-order valence-electron chi connectivity index (χ1n) is 7.21. The van der Waals surface area contributed by atoms with Gasteiger partial charge in [0, 0.05) is 32.4 Å². The van der Waals surface area contributed by atoms with Crippen LogP contribution in [-0.4, -0.2) is 55.3 Å². The van der Waals surface area contributed by atoms with Crippen LogP contribution in [0.3, 0.4) is 0 Å². The predicted molar refractivity (Wildman–Crippen MR) is 81.3 cm³/mol. The molecule has 6 nitrogen and oxygen atoms in total. The van der Waals surface area contributed by atoms with E-state index >= 15 is 0 Å². The van der Waals surface area contributed by atoms with Crippen molar-refractivity contribution in [2.45, 2.75) is 32.6 Å². The molecule has 0 radical (unpaired) electrons. The van der Waals surface area contributed by atoms with Gasteiger partial charge in [-0.2, -0.15) is 4.31 Å². The largest absolute Gasteiger partial charge is 0.373 e. The number of ether oxygens (including phenoxy) is 1. The van der Waals surface area contributed by atoms with Crippen molar-refractivity contribution < 1.29 is 13.2 Å². The minimum absolute atomic E-state index is 0.0509. The molecule has 1 aromatic heterocycles. The van der Waals surface area contributed by atoms with E-state index < -0.39 is 10.0 Å². The molecule has 0 bridgehead atoms. The van der Waals surface area contributed by atoms with Crippen LogP contribution in [0.25, 0.3) is 0 Å². The van der Waals surface area contributed by atoms with Crippen molar-refractivity contribution >= 4 is 10.0 Å². The summed E-state index contributed by atoms with van der Waals surface area (Å²) in [6.07, 6.45) is 1.62. The third-order valence-electron chi connectivity index (χ3n) is 3.35. The van der Waals surface area contributed by atoms with Crippen LogP contribution in [0.2, 0.25) is 0 Å². The average Bonchev–Trinajstić information content (AvgIpc) is 2.44. The van der Waals surface area contributed by atoms with Gasteiger partial charge in [0.05, 0.1) is 23.7 Å². The van der Waals surface area contributed by atoms with Gasteiger partial charge in [0.2, 0.25) is 10.0 Å². The fourth-order valence-electron chi connectivity index (χ4n) is 2.41. The van der Waals surface area contributed by atoms with Crippen LogP contribution in [0.4, 0.5) is 0 Å². The lowest BCUT2D eigenvalue weighted by Crippen LogP contribution is -2.49. The number of sulfonamides is 1. The zero-order valence-corrected chi connectivity index (χ0v) is 13.3. The zero-order valence-electron chi connectivity index (χ0n) is 12.5. The van der Waals surface area contributed by atoms with Gasteiger partial charge in [-0.25, -0.2) is 8.42 Å². The molecule has 0 spiro atoms. The molecular formula is C14H23N3O3S. The highest BCUT2D eigenvalue weighted by Crippen LogP contribution is 2.14. The fourth-order valence-corrected chi connectivity index (χ4v) is 3.94. The first-order valence-corrected chi connectivity index (χ1v) is 8.82. The first-order chi connectivity index (χ1) is 9.97. The van der Waals surface area contributed by atoms with Crippen molar-refractivity contribution in [1.29, 1.82) is 0 Å². The third kappa shape index (κ3) is 5.03. The van der Waals surface area contributed by atoms with Crippen molar-refractivity contribution in [2.24, 2.45) is 0 Å². The lowest BCUT2D eigenvalue weighted by molar-refractivity contribution is -0.0440. The lowest BCUT2D eigenvalue weighted by atomic mass is 10.3. The number of hydrogen-bond acceptors (Lipinski definition) is 5. The number of pyridine rings is 1. The molecule has 0 aromatic carbocycles. The molecule has 2 unspecified atom stereocenters. The van der Waals surface area contributed by atoms with E-state index in [1.807, 2.05) is 32.0 Å². The minimum atomic E-state index is -3.23. The lowest BCUT2D eigenvalue weighted by Gasteiger charge is -2.34. The van der Waals surface area contributed by atoms with E-state index in [0.29, 0.717) is 26.2 Å². The number of aromatic nitrogens is 1. The van der Waals surface area contributed by atoms with E-state index in [0.717, 1.165) is 5.69 Å². The van der Waals surface area contributed by atoms with Crippen LogP contribution in [0.1, 0.15) is 19.5 Å². The molecule has 1 aliphatic rings. The minimum Gasteiger partial charge on any atom is -0.373 e. The molecule has 0 amide bonds. The van der Waals surface area contributed by atoms with Crippen molar-refractivity contribution in [3.8, 4) is 0 Å². The second-order valence-corrected chi connectivity index (χ2v) is 7.48. The van der Waals surface area contributed by atoms with Crippen LogP contribution in [0, 0.1) is 0 Å². The van der Waals surface area contributed by atoms with Crippen LogP contribution < -0.4 is 5.32 Å². The second-order valence-electron chi connectivity index (χ2n) is 5.39. The molecular weight excluding hydrogens is 290 g/mol. The van der Waals surface area contributed by atoms with Gasteiger partial charge in [-0.1, -0.05) is 6.07 Å². The SMILES string of the molecule is CC1CN(S(=O)(=O)CCNCc2ccccn2)CC(C)O1. The van der Waals surface area contributed by atoms with Gasteiger partial charge in [0.25, 0.3) is 0 Å². The molecule has 1 fully saturated rings. The normalized spacial score (nSPS) is 24.1. The summed E-state index contributed by atoms with van der Waals surface area (Å²) >= 11 is 0. The average molecular weight is 313 g/mol. The van der Waals surface area contributed by atoms with Crippen molar-refractivity contribution in [3.63, 3.8) is 0 Å². The summed E-state index contributed by atoms with van der Waals surface area (Å²) < 4.78 is 31.7. The van der Waals surface area contributed by atoms with Crippen molar-refractivity contribution in [1.82, 2.24) is 14.6 Å². The van der Waals surface area contributed by atoms with E-state index in [-0.39, 0.29) is 18.0 Å². The van der Waals surface area contributed by atoms with Gasteiger partial charge >= 0.3 is 0 Å². The molecule has 7 heteroatoms. The Balaban J connectivity index is 1.78. The monoisotopic (exact) mass is 313 g/mol. The first kappa shape index (κ1) is 16.4. The molecule has 2 heterocycles. The molecule has 2 atom stereocenters. The molecule has 1 N–H and O–H groups in total. The molecule has 2 rings (SSSR count). The van der Waals surface area contributed by atoms with Crippen LogP contribution in [-0.2, 0) is 21.3 Å². The standard InChI is InChI=1S/C14H23N3O3S/c1-12-10-17(11-13(2)20-12)21(18,19)8-7-15-9-14-5-3-4-6-16-14/h3-6,12-13,15H,7-11H2,1-2H3. The van der Waals surface area contributed by atoms with Gasteiger partial charge in [-0.3, -0.25) is 4.98 Å². The summed E-state index contributed by atoms with van der Waals surface area (Å²) in [5.74, 6) is 0.0965. The topological polar surface area (TPSA) is 71.5 Å². The van der Waals surface area contributed by atoms with E-state index in [9.17, 15) is 8.42 Å². The highest BCUT2D eigenvalue weighted by atomic mass is 32.2. The number of nitrogens with zero attached hydrogens (tertiary/aromatic N) is 2. The van der Waals surface area contributed by atoms with E-state index in [2.05, 4.69) is 10.3 Å². The Kier molecular flexibility index (Phi) is 5.69. The van der Waals surface area contributed by atoms with Gasteiger partial charge in [0.1, 0.15) is 0 Å². The third-order valence-corrected chi connectivity index (χ3v) is 5.15. The molecule has 118 valence electrons. The maximum atomic E-state index is 12.3. The molecule has 1 aliphatic heterocycles. The van der Waals surface area contributed by atoms with Crippen LogP contribution in [0.5, 0.6) is 0 Å². The fraction of sp³-hybridized carbons (Fsp3) is 0.643. The molecule has 21 heavy (non-hydrogen) atoms. The second kappa shape index (κ2) is 7.31. The summed E-state index contributed by atoms with van der Waals surface area (Å²) in [5, 5.41) is 3.12. The Morgan fingerprint density at radius 3 is 2.67 bits per heavy atom. The summed E-state index contributed by atoms with van der Waals surface area (Å²) in [6.45, 7) is 5.67. The van der Waals surface area contributed by atoms with Gasteiger partial charge < -0.3 is 10.1 Å². The number of hydrogen-bond donors (Lipinski definition) is 1. The Morgan fingerprint density at radius 1 is 1.33 bits per heavy atom. The van der Waals surface area contributed by atoms with E-state index in [4.69, 9.17) is 4.74 Å². The summed E-state index contributed by atoms with van der Waals surface area (Å²) in [4.78, 5) is 4.18. The van der Waals surface area contributed by atoms with Crippen molar-refractivity contribution in [3.05, 3.63) is 30.1 Å². The van der Waals surface area contributed by atoms with Crippen molar-refractivity contribution in [2.75, 3.05) is 25.4 Å². The predicted octanol–water partition coefficient (Wildman–Crippen LogP) is 0.610. The summed E-state index contributed by atoms with van der Waals surface area (Å²) in [7, 11) is -3.23. The van der Waals surface area contributed by atoms with Gasteiger partial charge in [-0.05, 0) is 26.0 Å². The van der Waals surface area contributed by atoms with Gasteiger partial charge in [0.15, 0.2) is 0 Å². The Hall–Kier alpha value is -1.02. The zero-order chi connectivity index (χ0) is 15.3. The molecule has 1 saturated heterocycles. The maximum absolute atomic E-state index is 12.3. The van der Waals surface area contributed by atoms with E-state index in [1.165, 1.54) is 4.31 Å². The summed E-state index contributed by atoms with van der Waals surface area (Å²) in [5.41, 5.74) is 0.906. The number of rotatable bonds is 6.